The third-order valence-electron chi connectivity index (χ3n) is 2.82. The van der Waals surface area contributed by atoms with E-state index in [1.165, 1.54) is 6.07 Å². The minimum atomic E-state index is -0.984. The SMILES string of the molecule is CCOCc1cc(Oc2ccc(Cl)cc2)ccc1C(=O)O. The van der Waals surface area contributed by atoms with E-state index >= 15 is 0 Å². The van der Waals surface area contributed by atoms with E-state index in [9.17, 15) is 4.79 Å². The number of rotatable bonds is 6. The average molecular weight is 307 g/mol. The van der Waals surface area contributed by atoms with Crippen LogP contribution in [0.25, 0.3) is 0 Å². The van der Waals surface area contributed by atoms with E-state index in [0.29, 0.717) is 28.7 Å². The number of halogens is 1. The second-order valence-electron chi connectivity index (χ2n) is 4.32. The van der Waals surface area contributed by atoms with Crippen molar-refractivity contribution < 1.29 is 19.4 Å². The fraction of sp³-hybridized carbons (Fsp3) is 0.188. The van der Waals surface area contributed by atoms with Crippen LogP contribution in [0.2, 0.25) is 5.02 Å². The van der Waals surface area contributed by atoms with Crippen molar-refractivity contribution in [1.29, 1.82) is 0 Å². The molecule has 2 aromatic carbocycles. The van der Waals surface area contributed by atoms with E-state index in [1.807, 2.05) is 6.92 Å². The summed E-state index contributed by atoms with van der Waals surface area (Å²) >= 11 is 5.82. The number of carbonyl (C=O) groups is 1. The van der Waals surface area contributed by atoms with Crippen LogP contribution >= 0.6 is 11.6 Å². The van der Waals surface area contributed by atoms with E-state index in [2.05, 4.69) is 0 Å². The van der Waals surface area contributed by atoms with Crippen LogP contribution in [0.15, 0.2) is 42.5 Å². The van der Waals surface area contributed by atoms with E-state index in [4.69, 9.17) is 26.2 Å². The molecule has 0 fully saturated rings. The predicted molar refractivity (Wildman–Crippen MR) is 80.3 cm³/mol. The van der Waals surface area contributed by atoms with E-state index < -0.39 is 5.97 Å². The molecule has 1 N–H and O–H groups in total. The zero-order valence-corrected chi connectivity index (χ0v) is 12.3. The number of hydrogen-bond acceptors (Lipinski definition) is 3. The first-order chi connectivity index (χ1) is 10.1. The van der Waals surface area contributed by atoms with Crippen molar-refractivity contribution in [2.24, 2.45) is 0 Å². The number of ether oxygens (including phenoxy) is 2. The lowest BCUT2D eigenvalue weighted by Crippen LogP contribution is -2.04. The molecule has 0 aliphatic rings. The summed E-state index contributed by atoms with van der Waals surface area (Å²) in [4.78, 5) is 11.2. The van der Waals surface area contributed by atoms with Crippen LogP contribution in [0.1, 0.15) is 22.8 Å². The van der Waals surface area contributed by atoms with Gasteiger partial charge in [-0.05, 0) is 55.0 Å². The third kappa shape index (κ3) is 4.21. The Hall–Kier alpha value is -2.04. The molecule has 0 bridgehead atoms. The van der Waals surface area contributed by atoms with E-state index in [-0.39, 0.29) is 12.2 Å². The zero-order valence-electron chi connectivity index (χ0n) is 11.5. The topological polar surface area (TPSA) is 55.8 Å². The number of aromatic carboxylic acids is 1. The van der Waals surface area contributed by atoms with Crippen LogP contribution in [0.3, 0.4) is 0 Å². The van der Waals surface area contributed by atoms with Crippen molar-refractivity contribution >= 4 is 17.6 Å². The Morgan fingerprint density at radius 3 is 2.43 bits per heavy atom. The monoisotopic (exact) mass is 306 g/mol. The Morgan fingerprint density at radius 2 is 1.81 bits per heavy atom. The summed E-state index contributed by atoms with van der Waals surface area (Å²) in [6.45, 7) is 2.60. The Balaban J connectivity index is 2.23. The summed E-state index contributed by atoms with van der Waals surface area (Å²) < 4.78 is 11.0. The largest absolute Gasteiger partial charge is 0.478 e. The second-order valence-corrected chi connectivity index (χ2v) is 4.75. The summed E-state index contributed by atoms with van der Waals surface area (Å²) in [5, 5.41) is 9.79. The summed E-state index contributed by atoms with van der Waals surface area (Å²) in [5.74, 6) is 0.199. The summed E-state index contributed by atoms with van der Waals surface area (Å²) in [6.07, 6.45) is 0. The van der Waals surface area contributed by atoms with Gasteiger partial charge in [-0.15, -0.1) is 0 Å². The van der Waals surface area contributed by atoms with Crippen LogP contribution in [0.4, 0.5) is 0 Å². The first kappa shape index (κ1) is 15.4. The fourth-order valence-electron chi connectivity index (χ4n) is 1.81. The molecule has 0 saturated carbocycles. The number of carboxylic acid groups (broad SMARTS) is 1. The maximum atomic E-state index is 11.2. The van der Waals surface area contributed by atoms with Gasteiger partial charge in [-0.1, -0.05) is 11.6 Å². The van der Waals surface area contributed by atoms with Gasteiger partial charge < -0.3 is 14.6 Å². The summed E-state index contributed by atoms with van der Waals surface area (Å²) in [6, 6.07) is 11.8. The van der Waals surface area contributed by atoms with Crippen molar-refractivity contribution in [3.8, 4) is 11.5 Å². The van der Waals surface area contributed by atoms with Crippen LogP contribution in [-0.2, 0) is 11.3 Å². The molecule has 4 nitrogen and oxygen atoms in total. The normalized spacial score (nSPS) is 10.4. The van der Waals surface area contributed by atoms with Gasteiger partial charge in [-0.2, -0.15) is 0 Å². The van der Waals surface area contributed by atoms with Crippen molar-refractivity contribution in [2.75, 3.05) is 6.61 Å². The van der Waals surface area contributed by atoms with E-state index in [0.717, 1.165) is 0 Å². The van der Waals surface area contributed by atoms with Gasteiger partial charge in [-0.3, -0.25) is 0 Å². The quantitative estimate of drug-likeness (QED) is 0.861. The molecule has 0 heterocycles. The highest BCUT2D eigenvalue weighted by Gasteiger charge is 2.11. The van der Waals surface area contributed by atoms with Crippen molar-refractivity contribution in [1.82, 2.24) is 0 Å². The first-order valence-electron chi connectivity index (χ1n) is 6.47. The molecule has 110 valence electrons. The van der Waals surface area contributed by atoms with Gasteiger partial charge in [0.1, 0.15) is 11.5 Å². The minimum Gasteiger partial charge on any atom is -0.478 e. The lowest BCUT2D eigenvalue weighted by molar-refractivity contribution is 0.0688. The third-order valence-corrected chi connectivity index (χ3v) is 3.07. The highest BCUT2D eigenvalue weighted by molar-refractivity contribution is 6.30. The highest BCUT2D eigenvalue weighted by Crippen LogP contribution is 2.25. The molecule has 0 saturated heterocycles. The minimum absolute atomic E-state index is 0.215. The van der Waals surface area contributed by atoms with Gasteiger partial charge in [0.05, 0.1) is 12.2 Å². The average Bonchev–Trinajstić information content (AvgIpc) is 2.47. The van der Waals surface area contributed by atoms with Crippen molar-refractivity contribution in [3.05, 3.63) is 58.6 Å². The van der Waals surface area contributed by atoms with Crippen LogP contribution in [-0.4, -0.2) is 17.7 Å². The highest BCUT2D eigenvalue weighted by atomic mass is 35.5. The smallest absolute Gasteiger partial charge is 0.336 e. The second kappa shape index (κ2) is 7.11. The Labute approximate surface area is 127 Å². The lowest BCUT2D eigenvalue weighted by atomic mass is 10.1. The van der Waals surface area contributed by atoms with Crippen LogP contribution in [0.5, 0.6) is 11.5 Å². The van der Waals surface area contributed by atoms with Crippen LogP contribution < -0.4 is 4.74 Å². The standard InChI is InChI=1S/C16H15ClO4/c1-2-20-10-11-9-14(7-8-15(11)16(18)19)21-13-5-3-12(17)4-6-13/h3-9H,2,10H2,1H3,(H,18,19). The molecule has 2 aromatic rings. The molecule has 0 spiro atoms. The molecule has 0 amide bonds. The predicted octanol–water partition coefficient (Wildman–Crippen LogP) is 4.37. The van der Waals surface area contributed by atoms with Crippen LogP contribution in [0, 0.1) is 0 Å². The Kier molecular flexibility index (Phi) is 5.20. The first-order valence-corrected chi connectivity index (χ1v) is 6.85. The molecule has 0 aliphatic heterocycles. The Bertz CT molecular complexity index is 623. The fourth-order valence-corrected chi connectivity index (χ4v) is 1.94. The molecule has 0 aromatic heterocycles. The van der Waals surface area contributed by atoms with Gasteiger partial charge in [0, 0.05) is 11.6 Å². The van der Waals surface area contributed by atoms with Gasteiger partial charge in [0.15, 0.2) is 0 Å². The maximum Gasteiger partial charge on any atom is 0.336 e. The summed E-state index contributed by atoms with van der Waals surface area (Å²) in [7, 11) is 0. The Morgan fingerprint density at radius 1 is 1.14 bits per heavy atom. The molecule has 0 atom stereocenters. The number of benzene rings is 2. The molecule has 21 heavy (non-hydrogen) atoms. The molecule has 2 rings (SSSR count). The molecule has 0 unspecified atom stereocenters. The molecular formula is C16H15ClO4. The van der Waals surface area contributed by atoms with Gasteiger partial charge in [-0.25, -0.2) is 4.79 Å². The molecular weight excluding hydrogens is 292 g/mol. The number of carboxylic acids is 1. The number of hydrogen-bond donors (Lipinski definition) is 1. The lowest BCUT2D eigenvalue weighted by Gasteiger charge is -2.10. The van der Waals surface area contributed by atoms with Gasteiger partial charge in [0.2, 0.25) is 0 Å². The molecule has 0 radical (unpaired) electrons. The van der Waals surface area contributed by atoms with E-state index in [1.54, 1.807) is 36.4 Å². The summed E-state index contributed by atoms with van der Waals surface area (Å²) in [5.41, 5.74) is 0.794. The molecule has 5 heteroatoms. The van der Waals surface area contributed by atoms with Crippen molar-refractivity contribution in [3.63, 3.8) is 0 Å². The van der Waals surface area contributed by atoms with Crippen molar-refractivity contribution in [2.45, 2.75) is 13.5 Å². The molecule has 0 aliphatic carbocycles. The zero-order chi connectivity index (χ0) is 15.2. The van der Waals surface area contributed by atoms with Gasteiger partial charge >= 0.3 is 5.97 Å². The maximum absolute atomic E-state index is 11.2. The van der Waals surface area contributed by atoms with Gasteiger partial charge in [0.25, 0.3) is 0 Å².